The van der Waals surface area contributed by atoms with Gasteiger partial charge in [-0.2, -0.15) is 0 Å². The Kier molecular flexibility index (Phi) is 4.80. The lowest BCUT2D eigenvalue weighted by atomic mass is 9.90. The molecule has 0 aliphatic rings. The summed E-state index contributed by atoms with van der Waals surface area (Å²) in [6.45, 7) is 5.58. The van der Waals surface area contributed by atoms with E-state index in [4.69, 9.17) is 0 Å². The van der Waals surface area contributed by atoms with Crippen molar-refractivity contribution in [2.75, 3.05) is 6.54 Å². The van der Waals surface area contributed by atoms with Gasteiger partial charge in [-0.3, -0.25) is 20.0 Å². The van der Waals surface area contributed by atoms with Crippen LogP contribution in [0.4, 0.5) is 0 Å². The zero-order valence-electron chi connectivity index (χ0n) is 13.1. The van der Waals surface area contributed by atoms with Gasteiger partial charge in [-0.1, -0.05) is 32.0 Å². The minimum Gasteiger partial charge on any atom is -0.295 e. The number of nitro groups is 1. The van der Waals surface area contributed by atoms with Gasteiger partial charge in [-0.25, -0.2) is 4.68 Å². The number of hydrogen-bond acceptors (Lipinski definition) is 3. The van der Waals surface area contributed by atoms with E-state index < -0.39 is 0 Å². The van der Waals surface area contributed by atoms with E-state index in [1.54, 1.807) is 6.92 Å². The molecule has 1 aromatic carbocycles. The molecule has 1 atom stereocenters. The van der Waals surface area contributed by atoms with Gasteiger partial charge in [0.05, 0.1) is 11.6 Å². The largest absolute Gasteiger partial charge is 0.295 e. The zero-order chi connectivity index (χ0) is 16.3. The summed E-state index contributed by atoms with van der Waals surface area (Å²) in [4.78, 5) is 23.3. The number of nitrogens with one attached hydrogen (secondary N) is 1. The molecule has 0 saturated heterocycles. The summed E-state index contributed by atoms with van der Waals surface area (Å²) >= 11 is 0. The minimum absolute atomic E-state index is 0.198. The molecular formula is C16H21N3O3. The summed E-state index contributed by atoms with van der Waals surface area (Å²) in [6.07, 6.45) is 0.615. The van der Waals surface area contributed by atoms with Crippen LogP contribution in [0.1, 0.15) is 37.4 Å². The van der Waals surface area contributed by atoms with Crippen molar-refractivity contribution >= 4 is 0 Å². The SMILES string of the molecule is Cc1[nH]n(-c2ccccc2)c(=O)c1C(CC(C)C)C[N+](=O)[O-]. The Bertz CT molecular complexity index is 701. The van der Waals surface area contributed by atoms with E-state index in [1.807, 2.05) is 44.2 Å². The maximum absolute atomic E-state index is 12.7. The van der Waals surface area contributed by atoms with Crippen LogP contribution in [0.15, 0.2) is 35.1 Å². The summed E-state index contributed by atoms with van der Waals surface area (Å²) in [5, 5.41) is 14.0. The lowest BCUT2D eigenvalue weighted by molar-refractivity contribution is -0.483. The lowest BCUT2D eigenvalue weighted by Crippen LogP contribution is -2.24. The molecule has 0 aliphatic heterocycles. The molecular weight excluding hydrogens is 282 g/mol. The first kappa shape index (κ1) is 16.0. The Labute approximate surface area is 128 Å². The standard InChI is InChI=1S/C16H21N3O3/c1-11(2)9-13(10-18(21)22)15-12(3)17-19(16(15)20)14-7-5-4-6-8-14/h4-8,11,13,17H,9-10H2,1-3H3. The molecule has 0 saturated carbocycles. The molecule has 0 bridgehead atoms. The van der Waals surface area contributed by atoms with E-state index in [0.717, 1.165) is 5.69 Å². The number of H-pyrrole nitrogens is 1. The summed E-state index contributed by atoms with van der Waals surface area (Å²) in [5.74, 6) is -0.0902. The van der Waals surface area contributed by atoms with Crippen LogP contribution >= 0.6 is 0 Å². The molecule has 1 aromatic heterocycles. The topological polar surface area (TPSA) is 80.9 Å². The third kappa shape index (κ3) is 3.44. The first-order valence-corrected chi connectivity index (χ1v) is 7.39. The number of hydrogen-bond donors (Lipinski definition) is 1. The molecule has 6 nitrogen and oxygen atoms in total. The Morgan fingerprint density at radius 2 is 1.91 bits per heavy atom. The van der Waals surface area contributed by atoms with Crippen LogP contribution in [0.3, 0.4) is 0 Å². The van der Waals surface area contributed by atoms with Crippen molar-refractivity contribution in [3.63, 3.8) is 0 Å². The van der Waals surface area contributed by atoms with Crippen LogP contribution in [-0.4, -0.2) is 21.2 Å². The van der Waals surface area contributed by atoms with Gasteiger partial charge in [0.15, 0.2) is 0 Å². The van der Waals surface area contributed by atoms with Gasteiger partial charge >= 0.3 is 0 Å². The quantitative estimate of drug-likeness (QED) is 0.658. The van der Waals surface area contributed by atoms with Gasteiger partial charge < -0.3 is 0 Å². The molecule has 22 heavy (non-hydrogen) atoms. The van der Waals surface area contributed by atoms with Crippen LogP contribution in [0.25, 0.3) is 5.69 Å². The highest BCUT2D eigenvalue weighted by Crippen LogP contribution is 2.24. The molecule has 1 N–H and O–H groups in total. The molecule has 2 rings (SSSR count). The lowest BCUT2D eigenvalue weighted by Gasteiger charge is -2.13. The molecule has 1 heterocycles. The zero-order valence-corrected chi connectivity index (χ0v) is 13.1. The number of benzene rings is 1. The van der Waals surface area contributed by atoms with Crippen molar-refractivity contribution < 1.29 is 4.92 Å². The van der Waals surface area contributed by atoms with Gasteiger partial charge in [-0.05, 0) is 31.4 Å². The molecule has 0 aliphatic carbocycles. The summed E-state index contributed by atoms with van der Waals surface area (Å²) < 4.78 is 1.46. The van der Waals surface area contributed by atoms with Gasteiger partial charge in [-0.15, -0.1) is 0 Å². The van der Waals surface area contributed by atoms with Gasteiger partial charge in [0, 0.05) is 16.2 Å². The van der Waals surface area contributed by atoms with E-state index in [2.05, 4.69) is 5.10 Å². The highest BCUT2D eigenvalue weighted by atomic mass is 16.6. The second-order valence-electron chi connectivity index (χ2n) is 5.97. The predicted molar refractivity (Wildman–Crippen MR) is 85.2 cm³/mol. The fourth-order valence-corrected chi connectivity index (χ4v) is 2.83. The maximum atomic E-state index is 12.7. The molecule has 0 amide bonds. The van der Waals surface area contributed by atoms with Crippen molar-refractivity contribution in [2.45, 2.75) is 33.1 Å². The van der Waals surface area contributed by atoms with E-state index in [1.165, 1.54) is 4.68 Å². The molecule has 0 spiro atoms. The van der Waals surface area contributed by atoms with Crippen LogP contribution in [0, 0.1) is 23.0 Å². The third-order valence-electron chi connectivity index (χ3n) is 3.67. The Hall–Kier alpha value is -2.37. The van der Waals surface area contributed by atoms with Crippen molar-refractivity contribution in [1.29, 1.82) is 0 Å². The number of aromatic nitrogens is 2. The van der Waals surface area contributed by atoms with Crippen LogP contribution in [0.2, 0.25) is 0 Å². The van der Waals surface area contributed by atoms with E-state index in [9.17, 15) is 14.9 Å². The van der Waals surface area contributed by atoms with E-state index >= 15 is 0 Å². The average Bonchev–Trinajstić information content (AvgIpc) is 2.73. The molecule has 6 heteroatoms. The van der Waals surface area contributed by atoms with Crippen molar-refractivity contribution in [2.24, 2.45) is 5.92 Å². The van der Waals surface area contributed by atoms with Gasteiger partial charge in [0.25, 0.3) is 5.56 Å². The van der Waals surface area contributed by atoms with Crippen LogP contribution in [0.5, 0.6) is 0 Å². The normalized spacial score (nSPS) is 12.5. The first-order chi connectivity index (χ1) is 10.4. The van der Waals surface area contributed by atoms with Crippen molar-refractivity contribution in [3.05, 3.63) is 62.1 Å². The number of rotatable bonds is 6. The number of aryl methyl sites for hydroxylation is 1. The maximum Gasteiger partial charge on any atom is 0.275 e. The van der Waals surface area contributed by atoms with Crippen LogP contribution < -0.4 is 5.56 Å². The summed E-state index contributed by atoms with van der Waals surface area (Å²) in [5.41, 5.74) is 1.75. The Balaban J connectivity index is 2.48. The second-order valence-corrected chi connectivity index (χ2v) is 5.97. The van der Waals surface area contributed by atoms with Crippen molar-refractivity contribution in [1.82, 2.24) is 9.78 Å². The summed E-state index contributed by atoms with van der Waals surface area (Å²) in [6, 6.07) is 9.22. The highest BCUT2D eigenvalue weighted by Gasteiger charge is 2.26. The number of nitrogens with zero attached hydrogens (tertiary/aromatic N) is 2. The fraction of sp³-hybridized carbons (Fsp3) is 0.438. The first-order valence-electron chi connectivity index (χ1n) is 7.39. The summed E-state index contributed by atoms with van der Waals surface area (Å²) in [7, 11) is 0. The monoisotopic (exact) mass is 303 g/mol. The number of para-hydroxylation sites is 1. The van der Waals surface area contributed by atoms with E-state index in [0.29, 0.717) is 17.7 Å². The molecule has 0 fully saturated rings. The molecule has 0 radical (unpaired) electrons. The van der Waals surface area contributed by atoms with Gasteiger partial charge in [0.1, 0.15) is 0 Å². The predicted octanol–water partition coefficient (Wildman–Crippen LogP) is 2.88. The number of aromatic amines is 1. The smallest absolute Gasteiger partial charge is 0.275 e. The van der Waals surface area contributed by atoms with Crippen molar-refractivity contribution in [3.8, 4) is 5.69 Å². The van der Waals surface area contributed by atoms with E-state index in [-0.39, 0.29) is 28.9 Å². The van der Waals surface area contributed by atoms with Gasteiger partial charge in [0.2, 0.25) is 6.54 Å². The Morgan fingerprint density at radius 3 is 2.45 bits per heavy atom. The molecule has 118 valence electrons. The second kappa shape index (κ2) is 6.60. The van der Waals surface area contributed by atoms with Crippen LogP contribution in [-0.2, 0) is 0 Å². The molecule has 2 aromatic rings. The Morgan fingerprint density at radius 1 is 1.27 bits per heavy atom. The third-order valence-corrected chi connectivity index (χ3v) is 3.67. The minimum atomic E-state index is -0.372. The molecule has 1 unspecified atom stereocenters. The fourth-order valence-electron chi connectivity index (χ4n) is 2.83. The average molecular weight is 303 g/mol. The highest BCUT2D eigenvalue weighted by molar-refractivity contribution is 5.33.